The van der Waals surface area contributed by atoms with Gasteiger partial charge in [-0.2, -0.15) is 0 Å². The number of benzene rings is 2. The largest absolute Gasteiger partial charge is 0.0642 e. The lowest BCUT2D eigenvalue weighted by Crippen LogP contribution is -2.32. The Morgan fingerprint density at radius 1 is 1.05 bits per heavy atom. The van der Waals surface area contributed by atoms with Crippen LogP contribution in [-0.4, -0.2) is 0 Å². The smallest absolute Gasteiger partial charge is 0.0240 e. The molecule has 0 heterocycles. The van der Waals surface area contributed by atoms with E-state index in [0.29, 0.717) is 0 Å². The highest BCUT2D eigenvalue weighted by atomic mass is 79.9. The molecule has 114 valence electrons. The maximum atomic E-state index is 3.67. The second kappa shape index (κ2) is 5.23. The molecule has 1 heteroatoms. The molecule has 0 N–H and O–H groups in total. The van der Waals surface area contributed by atoms with Crippen molar-refractivity contribution in [3.63, 3.8) is 0 Å². The van der Waals surface area contributed by atoms with E-state index in [1.54, 1.807) is 11.1 Å². The molecule has 0 nitrogen and oxygen atoms in total. The summed E-state index contributed by atoms with van der Waals surface area (Å²) < 4.78 is 1.19. The molecule has 3 unspecified atom stereocenters. The first kappa shape index (κ1) is 14.5. The van der Waals surface area contributed by atoms with Gasteiger partial charge >= 0.3 is 0 Å². The van der Waals surface area contributed by atoms with Crippen LogP contribution in [-0.2, 0) is 5.41 Å². The van der Waals surface area contributed by atoms with Crippen molar-refractivity contribution in [1.82, 2.24) is 0 Å². The van der Waals surface area contributed by atoms with Crippen LogP contribution < -0.4 is 0 Å². The van der Waals surface area contributed by atoms with Gasteiger partial charge in [0.1, 0.15) is 0 Å². The molecule has 0 radical (unpaired) electrons. The van der Waals surface area contributed by atoms with Gasteiger partial charge in [0, 0.05) is 9.89 Å². The Labute approximate surface area is 142 Å². The summed E-state index contributed by atoms with van der Waals surface area (Å²) in [6, 6.07) is 16.0. The lowest BCUT2D eigenvalue weighted by molar-refractivity contribution is 0.314. The fourth-order valence-electron chi connectivity index (χ4n) is 5.14. The highest BCUT2D eigenvalue weighted by Gasteiger charge is 2.48. The average molecular weight is 355 g/mol. The molecule has 3 atom stereocenters. The van der Waals surface area contributed by atoms with Gasteiger partial charge < -0.3 is 0 Å². The zero-order valence-electron chi connectivity index (χ0n) is 13.4. The second-order valence-electron chi connectivity index (χ2n) is 7.18. The maximum absolute atomic E-state index is 3.67. The Hall–Kier alpha value is -1.08. The molecule has 2 aliphatic carbocycles. The fourth-order valence-corrected chi connectivity index (χ4v) is 5.51. The highest BCUT2D eigenvalue weighted by Crippen LogP contribution is 2.58. The van der Waals surface area contributed by atoms with Gasteiger partial charge in [-0.3, -0.25) is 0 Å². The lowest BCUT2D eigenvalue weighted by Gasteiger charge is -2.37. The maximum Gasteiger partial charge on any atom is 0.0240 e. The van der Waals surface area contributed by atoms with Crippen LogP contribution in [0.4, 0.5) is 0 Å². The Bertz CT molecular complexity index is 718. The zero-order valence-corrected chi connectivity index (χ0v) is 15.0. The first-order valence-corrected chi connectivity index (χ1v) is 9.36. The SMILES string of the molecule is CCC1(C2CCC(C)C2)c2ccccc2-c2cc(Br)ccc21. The number of rotatable bonds is 2. The summed E-state index contributed by atoms with van der Waals surface area (Å²) in [7, 11) is 0. The van der Waals surface area contributed by atoms with E-state index in [2.05, 4.69) is 72.2 Å². The lowest BCUT2D eigenvalue weighted by atomic mass is 9.66. The highest BCUT2D eigenvalue weighted by molar-refractivity contribution is 9.10. The van der Waals surface area contributed by atoms with E-state index in [0.717, 1.165) is 11.8 Å². The van der Waals surface area contributed by atoms with Crippen molar-refractivity contribution in [2.45, 2.75) is 44.9 Å². The van der Waals surface area contributed by atoms with Crippen molar-refractivity contribution in [3.05, 3.63) is 58.1 Å². The molecule has 0 amide bonds. The number of fused-ring (bicyclic) bond motifs is 3. The van der Waals surface area contributed by atoms with Crippen LogP contribution in [0, 0.1) is 11.8 Å². The van der Waals surface area contributed by atoms with Gasteiger partial charge in [0.25, 0.3) is 0 Å². The van der Waals surface area contributed by atoms with Crippen LogP contribution in [0.2, 0.25) is 0 Å². The van der Waals surface area contributed by atoms with Crippen molar-refractivity contribution < 1.29 is 0 Å². The van der Waals surface area contributed by atoms with E-state index >= 15 is 0 Å². The summed E-state index contributed by atoms with van der Waals surface area (Å²) in [4.78, 5) is 0. The van der Waals surface area contributed by atoms with Crippen molar-refractivity contribution in [1.29, 1.82) is 0 Å². The molecule has 0 aliphatic heterocycles. The van der Waals surface area contributed by atoms with Crippen LogP contribution in [0.3, 0.4) is 0 Å². The van der Waals surface area contributed by atoms with Crippen LogP contribution in [0.1, 0.15) is 50.7 Å². The Balaban J connectivity index is 1.99. The van der Waals surface area contributed by atoms with E-state index in [4.69, 9.17) is 0 Å². The van der Waals surface area contributed by atoms with E-state index in [-0.39, 0.29) is 5.41 Å². The molecule has 1 fully saturated rings. The predicted octanol–water partition coefficient (Wildman–Crippen LogP) is 6.56. The Kier molecular flexibility index (Phi) is 3.45. The summed E-state index contributed by atoms with van der Waals surface area (Å²) in [6.45, 7) is 4.81. The van der Waals surface area contributed by atoms with Crippen molar-refractivity contribution in [3.8, 4) is 11.1 Å². The van der Waals surface area contributed by atoms with Crippen molar-refractivity contribution in [2.75, 3.05) is 0 Å². The van der Waals surface area contributed by atoms with Gasteiger partial charge in [0.05, 0.1) is 0 Å². The van der Waals surface area contributed by atoms with E-state index in [9.17, 15) is 0 Å². The average Bonchev–Trinajstić information content (AvgIpc) is 3.07. The molecular formula is C21H23Br. The second-order valence-corrected chi connectivity index (χ2v) is 8.09. The van der Waals surface area contributed by atoms with Gasteiger partial charge in [0.2, 0.25) is 0 Å². The van der Waals surface area contributed by atoms with E-state index in [1.165, 1.54) is 41.3 Å². The molecule has 1 saturated carbocycles. The third-order valence-electron chi connectivity index (χ3n) is 6.11. The fraction of sp³-hybridized carbons (Fsp3) is 0.429. The molecule has 0 spiro atoms. The van der Waals surface area contributed by atoms with Crippen LogP contribution in [0.25, 0.3) is 11.1 Å². The van der Waals surface area contributed by atoms with Crippen molar-refractivity contribution >= 4 is 15.9 Å². The van der Waals surface area contributed by atoms with Crippen LogP contribution >= 0.6 is 15.9 Å². The molecular weight excluding hydrogens is 332 g/mol. The number of halogens is 1. The zero-order chi connectivity index (χ0) is 15.3. The summed E-state index contributed by atoms with van der Waals surface area (Å²) in [5, 5.41) is 0. The summed E-state index contributed by atoms with van der Waals surface area (Å²) >= 11 is 3.67. The van der Waals surface area contributed by atoms with Gasteiger partial charge in [-0.1, -0.05) is 66.5 Å². The quantitative estimate of drug-likeness (QED) is 0.572. The third kappa shape index (κ3) is 1.88. The molecule has 4 rings (SSSR count). The molecule has 2 aromatic carbocycles. The predicted molar refractivity (Wildman–Crippen MR) is 97.2 cm³/mol. The minimum Gasteiger partial charge on any atom is -0.0642 e. The monoisotopic (exact) mass is 354 g/mol. The normalized spacial score (nSPS) is 29.4. The van der Waals surface area contributed by atoms with Gasteiger partial charge in [-0.15, -0.1) is 0 Å². The molecule has 0 bridgehead atoms. The minimum absolute atomic E-state index is 0.234. The molecule has 0 aromatic heterocycles. The van der Waals surface area contributed by atoms with E-state index < -0.39 is 0 Å². The van der Waals surface area contributed by atoms with Gasteiger partial charge in [0.15, 0.2) is 0 Å². The molecule has 2 aliphatic rings. The number of hydrogen-bond donors (Lipinski definition) is 0. The standard InChI is InChI=1S/C21H23Br/c1-3-21(15-9-8-14(2)12-15)19-7-5-4-6-17(19)18-13-16(22)10-11-20(18)21/h4-7,10-11,13-15H,3,8-9,12H2,1-2H3. The summed E-state index contributed by atoms with van der Waals surface area (Å²) in [5.74, 6) is 1.66. The molecule has 0 saturated heterocycles. The van der Waals surface area contributed by atoms with Gasteiger partial charge in [-0.25, -0.2) is 0 Å². The third-order valence-corrected chi connectivity index (χ3v) is 6.60. The first-order valence-electron chi connectivity index (χ1n) is 8.56. The van der Waals surface area contributed by atoms with E-state index in [1.807, 2.05) is 0 Å². The topological polar surface area (TPSA) is 0 Å². The molecule has 2 aromatic rings. The van der Waals surface area contributed by atoms with Gasteiger partial charge in [-0.05, 0) is 65.5 Å². The summed E-state index contributed by atoms with van der Waals surface area (Å²) in [5.41, 5.74) is 6.28. The Morgan fingerprint density at radius 3 is 2.55 bits per heavy atom. The minimum atomic E-state index is 0.234. The Morgan fingerprint density at radius 2 is 1.82 bits per heavy atom. The van der Waals surface area contributed by atoms with Crippen LogP contribution in [0.5, 0.6) is 0 Å². The first-order chi connectivity index (χ1) is 10.7. The van der Waals surface area contributed by atoms with Crippen molar-refractivity contribution in [2.24, 2.45) is 11.8 Å². The summed E-state index contributed by atoms with van der Waals surface area (Å²) in [6.07, 6.45) is 5.34. The number of hydrogen-bond acceptors (Lipinski definition) is 0. The van der Waals surface area contributed by atoms with Crippen LogP contribution in [0.15, 0.2) is 46.9 Å². The molecule has 22 heavy (non-hydrogen) atoms.